The topological polar surface area (TPSA) is 85.4 Å². The molecule has 6 rings (SSSR count). The Balaban J connectivity index is 1.30. The number of anilines is 2. The highest BCUT2D eigenvalue weighted by Crippen LogP contribution is 2.47. The molecule has 0 radical (unpaired) electrons. The summed E-state index contributed by atoms with van der Waals surface area (Å²) in [7, 11) is 0. The minimum atomic E-state index is -0.986. The van der Waals surface area contributed by atoms with Crippen LogP contribution in [0.1, 0.15) is 28.9 Å². The van der Waals surface area contributed by atoms with Crippen LogP contribution in [0.2, 0.25) is 0 Å². The zero-order valence-corrected chi connectivity index (χ0v) is 21.7. The predicted molar refractivity (Wildman–Crippen MR) is 148 cm³/mol. The molecule has 2 aliphatic heterocycles. The Hall–Kier alpha value is -4.95. The lowest BCUT2D eigenvalue weighted by molar-refractivity contribution is -0.126. The quantitative estimate of drug-likeness (QED) is 0.179. The van der Waals surface area contributed by atoms with Crippen molar-refractivity contribution in [1.29, 1.82) is 0 Å². The molecule has 2 amide bonds. The lowest BCUT2D eigenvalue weighted by atomic mass is 9.90. The van der Waals surface area contributed by atoms with Crippen LogP contribution < -0.4 is 19.4 Å². The van der Waals surface area contributed by atoms with Crippen molar-refractivity contribution in [2.75, 3.05) is 16.6 Å². The minimum Gasteiger partial charge on any atom is -0.494 e. The maximum absolute atomic E-state index is 13.8. The van der Waals surface area contributed by atoms with Gasteiger partial charge in [-0.25, -0.2) is 14.8 Å². The highest BCUT2D eigenvalue weighted by atomic mass is 16.7. The van der Waals surface area contributed by atoms with E-state index in [1.54, 1.807) is 77.9 Å². The number of ether oxygens (including phenoxy) is 2. The molecular formula is C32H26N2O6. The number of amides is 2. The summed E-state index contributed by atoms with van der Waals surface area (Å²) in [6.45, 7) is 2.40. The molecule has 2 heterocycles. The summed E-state index contributed by atoms with van der Waals surface area (Å²) >= 11 is 0. The molecule has 3 atom stereocenters. The van der Waals surface area contributed by atoms with Crippen LogP contribution in [-0.2, 0) is 14.4 Å². The predicted octanol–water partition coefficient (Wildman–Crippen LogP) is 5.36. The first-order valence-corrected chi connectivity index (χ1v) is 13.0. The molecule has 0 saturated carbocycles. The molecule has 0 aliphatic carbocycles. The third-order valence-electron chi connectivity index (χ3n) is 6.97. The number of benzene rings is 4. The van der Waals surface area contributed by atoms with Crippen LogP contribution >= 0.6 is 0 Å². The summed E-state index contributed by atoms with van der Waals surface area (Å²) in [4.78, 5) is 47.3. The maximum Gasteiger partial charge on any atom is 0.343 e. The number of fused-ring (bicyclic) bond motifs is 1. The second-order valence-electron chi connectivity index (χ2n) is 9.42. The molecule has 40 heavy (non-hydrogen) atoms. The van der Waals surface area contributed by atoms with Crippen LogP contribution in [0.3, 0.4) is 0 Å². The fourth-order valence-corrected chi connectivity index (χ4v) is 5.14. The van der Waals surface area contributed by atoms with Crippen LogP contribution in [0.15, 0.2) is 109 Å². The number of para-hydroxylation sites is 1. The molecule has 200 valence electrons. The van der Waals surface area contributed by atoms with Crippen LogP contribution in [0.5, 0.6) is 11.5 Å². The van der Waals surface area contributed by atoms with Gasteiger partial charge in [0.1, 0.15) is 17.4 Å². The lowest BCUT2D eigenvalue weighted by Gasteiger charge is -2.28. The molecule has 0 bridgehead atoms. The summed E-state index contributed by atoms with van der Waals surface area (Å²) in [5.74, 6) is -0.992. The normalized spacial score (nSPS) is 20.0. The molecule has 0 aromatic heterocycles. The van der Waals surface area contributed by atoms with E-state index < -0.39 is 29.9 Å². The molecular weight excluding hydrogens is 508 g/mol. The van der Waals surface area contributed by atoms with E-state index in [1.165, 1.54) is 4.90 Å². The Morgan fingerprint density at radius 3 is 2.02 bits per heavy atom. The molecule has 4 aromatic carbocycles. The molecule has 0 spiro atoms. The van der Waals surface area contributed by atoms with Crippen LogP contribution in [0, 0.1) is 5.92 Å². The monoisotopic (exact) mass is 534 g/mol. The Morgan fingerprint density at radius 2 is 1.38 bits per heavy atom. The number of rotatable bonds is 7. The number of hydrogen-bond acceptors (Lipinski definition) is 7. The smallest absolute Gasteiger partial charge is 0.343 e. The SMILES string of the molecule is CCOc1ccc(N2C(=O)[C@H]3[C@H](ON(c4ccccc4)[C@@H]3c3ccc(OC(=O)c4ccccc4)cc3)C2=O)cc1. The van der Waals surface area contributed by atoms with Gasteiger partial charge >= 0.3 is 5.97 Å². The largest absolute Gasteiger partial charge is 0.494 e. The first-order chi connectivity index (χ1) is 19.5. The zero-order valence-electron chi connectivity index (χ0n) is 21.7. The summed E-state index contributed by atoms with van der Waals surface area (Å²) < 4.78 is 11.0. The molecule has 8 heteroatoms. The zero-order chi connectivity index (χ0) is 27.6. The van der Waals surface area contributed by atoms with Crippen LogP contribution in [-0.4, -0.2) is 30.5 Å². The highest BCUT2D eigenvalue weighted by molar-refractivity contribution is 6.24. The van der Waals surface area contributed by atoms with Crippen molar-refractivity contribution >= 4 is 29.2 Å². The standard InChI is InChI=1S/C32H26N2O6/c1-2-38-25-19-15-23(16-20-25)33-30(35)27-28(34(40-29(27)31(33)36)24-11-7-4-8-12-24)21-13-17-26(18-14-21)39-32(37)22-9-5-3-6-10-22/h3-20,27-29H,2H2,1H3/t27-,28-,29+/m1/s1. The number of hydroxylamine groups is 1. The van der Waals surface area contributed by atoms with Gasteiger partial charge in [-0.05, 0) is 73.2 Å². The van der Waals surface area contributed by atoms with Crippen molar-refractivity contribution < 1.29 is 28.7 Å². The second-order valence-corrected chi connectivity index (χ2v) is 9.42. The lowest BCUT2D eigenvalue weighted by Crippen LogP contribution is -2.37. The van der Waals surface area contributed by atoms with E-state index >= 15 is 0 Å². The van der Waals surface area contributed by atoms with Gasteiger partial charge in [0.15, 0.2) is 6.10 Å². The molecule has 2 aliphatic rings. The van der Waals surface area contributed by atoms with Gasteiger partial charge in [-0.15, -0.1) is 0 Å². The van der Waals surface area contributed by atoms with Crippen molar-refractivity contribution in [3.8, 4) is 11.5 Å². The van der Waals surface area contributed by atoms with Gasteiger partial charge < -0.3 is 9.47 Å². The van der Waals surface area contributed by atoms with Crippen molar-refractivity contribution in [3.63, 3.8) is 0 Å². The average molecular weight is 535 g/mol. The number of esters is 1. The Morgan fingerprint density at radius 1 is 0.750 bits per heavy atom. The van der Waals surface area contributed by atoms with Crippen molar-refractivity contribution in [3.05, 3.63) is 120 Å². The summed E-state index contributed by atoms with van der Waals surface area (Å²) in [6, 6.07) is 31.3. The first-order valence-electron chi connectivity index (χ1n) is 13.0. The fraction of sp³-hybridized carbons (Fsp3) is 0.156. The fourth-order valence-electron chi connectivity index (χ4n) is 5.14. The Kier molecular flexibility index (Phi) is 6.76. The molecule has 0 unspecified atom stereocenters. The number of carbonyl (C=O) groups excluding carboxylic acids is 3. The third kappa shape index (κ3) is 4.58. The van der Waals surface area contributed by atoms with E-state index in [0.29, 0.717) is 29.4 Å². The molecule has 2 saturated heterocycles. The van der Waals surface area contributed by atoms with Gasteiger partial charge in [0.05, 0.1) is 29.6 Å². The van der Waals surface area contributed by atoms with E-state index in [1.807, 2.05) is 43.3 Å². The molecule has 8 nitrogen and oxygen atoms in total. The van der Waals surface area contributed by atoms with E-state index in [4.69, 9.17) is 14.3 Å². The number of hydrogen-bond donors (Lipinski definition) is 0. The van der Waals surface area contributed by atoms with Crippen molar-refractivity contribution in [1.82, 2.24) is 0 Å². The highest BCUT2D eigenvalue weighted by Gasteiger charge is 2.60. The second kappa shape index (κ2) is 10.7. The van der Waals surface area contributed by atoms with Gasteiger partial charge in [0.2, 0.25) is 5.91 Å². The third-order valence-corrected chi connectivity index (χ3v) is 6.97. The van der Waals surface area contributed by atoms with Crippen LogP contribution in [0.4, 0.5) is 11.4 Å². The van der Waals surface area contributed by atoms with Gasteiger partial charge in [-0.2, -0.15) is 0 Å². The molecule has 0 N–H and O–H groups in total. The average Bonchev–Trinajstić information content (AvgIpc) is 3.50. The minimum absolute atomic E-state index is 0.345. The van der Waals surface area contributed by atoms with Gasteiger partial charge in [0.25, 0.3) is 5.91 Å². The Bertz CT molecular complexity index is 1520. The van der Waals surface area contributed by atoms with E-state index in [9.17, 15) is 14.4 Å². The number of carbonyl (C=O) groups is 3. The van der Waals surface area contributed by atoms with Gasteiger partial charge in [-0.3, -0.25) is 14.4 Å². The van der Waals surface area contributed by atoms with E-state index in [-0.39, 0.29) is 5.91 Å². The van der Waals surface area contributed by atoms with Gasteiger partial charge in [-0.1, -0.05) is 48.5 Å². The summed E-state index contributed by atoms with van der Waals surface area (Å²) in [5.41, 5.74) is 2.36. The molecule has 4 aromatic rings. The summed E-state index contributed by atoms with van der Waals surface area (Å²) in [5, 5.41) is 1.63. The van der Waals surface area contributed by atoms with E-state index in [0.717, 1.165) is 11.3 Å². The number of nitrogens with zero attached hydrogens (tertiary/aromatic N) is 2. The maximum atomic E-state index is 13.8. The van der Waals surface area contributed by atoms with Crippen LogP contribution in [0.25, 0.3) is 0 Å². The summed E-state index contributed by atoms with van der Waals surface area (Å²) in [6.07, 6.45) is -0.986. The Labute approximate surface area is 231 Å². The van der Waals surface area contributed by atoms with Crippen molar-refractivity contribution in [2.45, 2.75) is 19.1 Å². The number of imide groups is 1. The van der Waals surface area contributed by atoms with Gasteiger partial charge in [0, 0.05) is 0 Å². The van der Waals surface area contributed by atoms with Crippen molar-refractivity contribution in [2.24, 2.45) is 5.92 Å². The molecule has 2 fully saturated rings. The first kappa shape index (κ1) is 25.3. The van der Waals surface area contributed by atoms with E-state index in [2.05, 4.69) is 0 Å².